The van der Waals surface area contributed by atoms with Crippen LogP contribution in [-0.2, 0) is 14.4 Å². The molecule has 1 fully saturated rings. The van der Waals surface area contributed by atoms with E-state index in [1.165, 1.54) is 24.3 Å². The molecule has 1 aliphatic rings. The smallest absolute Gasteiger partial charge is 0.341 e. The summed E-state index contributed by atoms with van der Waals surface area (Å²) < 4.78 is 5.03. The Hall–Kier alpha value is -3.65. The minimum Gasteiger partial charge on any atom is -0.480 e. The van der Waals surface area contributed by atoms with Crippen LogP contribution in [-0.4, -0.2) is 35.5 Å². The van der Waals surface area contributed by atoms with Crippen LogP contribution in [0.1, 0.15) is 11.1 Å². The summed E-state index contributed by atoms with van der Waals surface area (Å²) in [7, 11) is 0. The fourth-order valence-corrected chi connectivity index (χ4v) is 2.93. The van der Waals surface area contributed by atoms with Gasteiger partial charge in [-0.3, -0.25) is 14.9 Å². The summed E-state index contributed by atoms with van der Waals surface area (Å²) in [5, 5.41) is 10.9. The number of hydrogen-bond acceptors (Lipinski definition) is 5. The zero-order valence-electron chi connectivity index (χ0n) is 15.1. The highest BCUT2D eigenvalue weighted by Crippen LogP contribution is 2.28. The number of barbiturate groups is 1. The maximum Gasteiger partial charge on any atom is 0.341 e. The van der Waals surface area contributed by atoms with Crippen LogP contribution in [0, 0.1) is 6.92 Å². The summed E-state index contributed by atoms with van der Waals surface area (Å²) in [5.74, 6) is -2.61. The van der Waals surface area contributed by atoms with E-state index in [9.17, 15) is 19.2 Å². The lowest BCUT2D eigenvalue weighted by molar-refractivity contribution is -0.139. The average molecular weight is 415 g/mol. The number of ether oxygens (including phenoxy) is 1. The zero-order chi connectivity index (χ0) is 21.1. The van der Waals surface area contributed by atoms with Gasteiger partial charge in [-0.25, -0.2) is 14.5 Å². The second-order valence-electron chi connectivity index (χ2n) is 6.17. The number of carbonyl (C=O) groups is 4. The molecule has 0 aliphatic carbocycles. The number of carbonyl (C=O) groups excluding carboxylic acids is 3. The minimum absolute atomic E-state index is 0.107. The normalized spacial score (nSPS) is 15.4. The number of carboxylic acid groups (broad SMARTS) is 1. The number of imide groups is 2. The van der Waals surface area contributed by atoms with E-state index in [-0.39, 0.29) is 16.3 Å². The molecule has 9 heteroatoms. The summed E-state index contributed by atoms with van der Waals surface area (Å²) in [5.41, 5.74) is 1.33. The summed E-state index contributed by atoms with van der Waals surface area (Å²) in [6.07, 6.45) is 1.29. The van der Waals surface area contributed by atoms with Gasteiger partial charge in [0.05, 0.1) is 10.7 Å². The van der Waals surface area contributed by atoms with Crippen molar-refractivity contribution in [2.24, 2.45) is 0 Å². The van der Waals surface area contributed by atoms with Gasteiger partial charge in [0, 0.05) is 0 Å². The highest BCUT2D eigenvalue weighted by Gasteiger charge is 2.36. The standard InChI is InChI=1S/C20H15ClN2O6/c1-11-3-2-4-13(7-11)23-19(27)14(18(26)22-20(23)28)8-12-5-6-16(15(21)9-12)29-10-17(24)25/h2-9H,10H2,1H3,(H,24,25)(H,22,26,28). The molecule has 0 radical (unpaired) electrons. The third kappa shape index (κ3) is 4.44. The van der Waals surface area contributed by atoms with E-state index in [1.54, 1.807) is 18.2 Å². The molecule has 8 nitrogen and oxygen atoms in total. The summed E-state index contributed by atoms with van der Waals surface area (Å²) >= 11 is 6.07. The third-order valence-electron chi connectivity index (χ3n) is 3.98. The lowest BCUT2D eigenvalue weighted by Crippen LogP contribution is -2.54. The number of anilines is 1. The number of nitrogens with zero attached hydrogens (tertiary/aromatic N) is 1. The Labute approximate surface area is 170 Å². The number of carboxylic acids is 1. The van der Waals surface area contributed by atoms with Crippen molar-refractivity contribution >= 4 is 47.2 Å². The molecular formula is C20H15ClN2O6. The maximum absolute atomic E-state index is 12.8. The predicted octanol–water partition coefficient (Wildman–Crippen LogP) is 2.78. The number of aliphatic carboxylic acids is 1. The molecule has 4 amide bonds. The third-order valence-corrected chi connectivity index (χ3v) is 4.27. The lowest BCUT2D eigenvalue weighted by atomic mass is 10.1. The molecule has 1 saturated heterocycles. The number of benzene rings is 2. The van der Waals surface area contributed by atoms with Crippen LogP contribution in [0.2, 0.25) is 5.02 Å². The molecule has 0 atom stereocenters. The first-order valence-electron chi connectivity index (χ1n) is 8.38. The maximum atomic E-state index is 12.8. The summed E-state index contributed by atoms with van der Waals surface area (Å²) in [6, 6.07) is 10.3. The van der Waals surface area contributed by atoms with E-state index in [0.717, 1.165) is 10.5 Å². The average Bonchev–Trinajstić information content (AvgIpc) is 2.64. The molecule has 29 heavy (non-hydrogen) atoms. The Bertz CT molecular complexity index is 1060. The van der Waals surface area contributed by atoms with Crippen molar-refractivity contribution in [3.05, 3.63) is 64.2 Å². The van der Waals surface area contributed by atoms with E-state index in [1.807, 2.05) is 13.0 Å². The van der Waals surface area contributed by atoms with Crippen LogP contribution in [0.15, 0.2) is 48.0 Å². The second-order valence-corrected chi connectivity index (χ2v) is 6.58. The van der Waals surface area contributed by atoms with Crippen LogP contribution in [0.4, 0.5) is 10.5 Å². The molecule has 0 bridgehead atoms. The van der Waals surface area contributed by atoms with Crippen molar-refractivity contribution in [1.29, 1.82) is 0 Å². The van der Waals surface area contributed by atoms with Gasteiger partial charge in [-0.2, -0.15) is 0 Å². The SMILES string of the molecule is Cc1cccc(N2C(=O)NC(=O)C(=Cc3ccc(OCC(=O)O)c(Cl)c3)C2=O)c1. The van der Waals surface area contributed by atoms with Crippen LogP contribution < -0.4 is 15.0 Å². The molecule has 0 aromatic heterocycles. The van der Waals surface area contributed by atoms with E-state index in [0.29, 0.717) is 11.3 Å². The molecular weight excluding hydrogens is 400 g/mol. The van der Waals surface area contributed by atoms with Gasteiger partial charge in [0.1, 0.15) is 11.3 Å². The largest absolute Gasteiger partial charge is 0.480 e. The summed E-state index contributed by atoms with van der Waals surface area (Å²) in [6.45, 7) is 1.25. The topological polar surface area (TPSA) is 113 Å². The zero-order valence-corrected chi connectivity index (χ0v) is 15.9. The highest BCUT2D eigenvalue weighted by atomic mass is 35.5. The van der Waals surface area contributed by atoms with Gasteiger partial charge in [-0.05, 0) is 48.4 Å². The first kappa shape index (κ1) is 20.1. The van der Waals surface area contributed by atoms with Gasteiger partial charge in [0.15, 0.2) is 6.61 Å². The molecule has 1 heterocycles. The number of hydrogen-bond donors (Lipinski definition) is 2. The summed E-state index contributed by atoms with van der Waals surface area (Å²) in [4.78, 5) is 48.7. The van der Waals surface area contributed by atoms with Gasteiger partial charge >= 0.3 is 12.0 Å². The number of urea groups is 1. The molecule has 2 aromatic carbocycles. The number of halogens is 1. The Morgan fingerprint density at radius 1 is 1.21 bits per heavy atom. The molecule has 2 aromatic rings. The first-order chi connectivity index (χ1) is 13.8. The first-order valence-corrected chi connectivity index (χ1v) is 8.76. The van der Waals surface area contributed by atoms with Crippen molar-refractivity contribution in [3.63, 3.8) is 0 Å². The molecule has 0 unspecified atom stereocenters. The Morgan fingerprint density at radius 3 is 2.62 bits per heavy atom. The second kappa shape index (κ2) is 8.15. The number of nitrogens with one attached hydrogen (secondary N) is 1. The molecule has 2 N–H and O–H groups in total. The van der Waals surface area contributed by atoms with Crippen LogP contribution in [0.25, 0.3) is 6.08 Å². The van der Waals surface area contributed by atoms with E-state index in [2.05, 4.69) is 5.32 Å². The molecule has 148 valence electrons. The molecule has 0 spiro atoms. The van der Waals surface area contributed by atoms with Crippen molar-refractivity contribution in [2.45, 2.75) is 6.92 Å². The van der Waals surface area contributed by atoms with Gasteiger partial charge in [0.2, 0.25) is 0 Å². The van der Waals surface area contributed by atoms with E-state index in [4.69, 9.17) is 21.4 Å². The Morgan fingerprint density at radius 2 is 1.97 bits per heavy atom. The van der Waals surface area contributed by atoms with Gasteiger partial charge in [-0.1, -0.05) is 29.8 Å². The lowest BCUT2D eigenvalue weighted by Gasteiger charge is -2.26. The van der Waals surface area contributed by atoms with E-state index >= 15 is 0 Å². The predicted molar refractivity (Wildman–Crippen MR) is 105 cm³/mol. The van der Waals surface area contributed by atoms with Crippen molar-refractivity contribution in [1.82, 2.24) is 5.32 Å². The van der Waals surface area contributed by atoms with Crippen molar-refractivity contribution < 1.29 is 29.0 Å². The monoisotopic (exact) mass is 414 g/mol. The Balaban J connectivity index is 1.92. The van der Waals surface area contributed by atoms with Crippen LogP contribution in [0.3, 0.4) is 0 Å². The number of rotatable bonds is 5. The van der Waals surface area contributed by atoms with Crippen LogP contribution in [0.5, 0.6) is 5.75 Å². The van der Waals surface area contributed by atoms with Crippen LogP contribution >= 0.6 is 11.6 Å². The molecule has 0 saturated carbocycles. The molecule has 3 rings (SSSR count). The van der Waals surface area contributed by atoms with E-state index < -0.39 is 30.4 Å². The van der Waals surface area contributed by atoms with Crippen molar-refractivity contribution in [2.75, 3.05) is 11.5 Å². The highest BCUT2D eigenvalue weighted by molar-refractivity contribution is 6.39. The quantitative estimate of drug-likeness (QED) is 0.574. The fraction of sp³-hybridized carbons (Fsp3) is 0.100. The number of aryl methyl sites for hydroxylation is 1. The number of amides is 4. The fourth-order valence-electron chi connectivity index (χ4n) is 2.69. The molecule has 1 aliphatic heterocycles. The minimum atomic E-state index is -1.15. The van der Waals surface area contributed by atoms with Gasteiger partial charge < -0.3 is 9.84 Å². The van der Waals surface area contributed by atoms with Gasteiger partial charge in [0.25, 0.3) is 11.8 Å². The van der Waals surface area contributed by atoms with Crippen molar-refractivity contribution in [3.8, 4) is 5.75 Å². The van der Waals surface area contributed by atoms with Gasteiger partial charge in [-0.15, -0.1) is 0 Å². The Kier molecular flexibility index (Phi) is 5.65.